The van der Waals surface area contributed by atoms with Gasteiger partial charge < -0.3 is 5.11 Å². The second-order valence-corrected chi connectivity index (χ2v) is 6.52. The van der Waals surface area contributed by atoms with Gasteiger partial charge >= 0.3 is 0 Å². The second kappa shape index (κ2) is 5.04. The lowest BCUT2D eigenvalue weighted by Crippen LogP contribution is -2.07. The summed E-state index contributed by atoms with van der Waals surface area (Å²) in [5.41, 5.74) is 1.43. The lowest BCUT2D eigenvalue weighted by molar-refractivity contribution is 0.289. The number of hydrogen-bond acceptors (Lipinski definition) is 2. The van der Waals surface area contributed by atoms with E-state index in [2.05, 4.69) is 32.9 Å². The standard InChI is InChI=1S/C12H20OS/c1-12(2,3)14-11-8-4-6-10(11)7-5-9-13/h4,6,13H,5,7-9H2,1-3H3. The highest BCUT2D eigenvalue weighted by Crippen LogP contribution is 2.39. The predicted octanol–water partition coefficient (Wildman–Crippen LogP) is 3.50. The van der Waals surface area contributed by atoms with Gasteiger partial charge in [0.15, 0.2) is 0 Å². The van der Waals surface area contributed by atoms with Crippen LogP contribution in [0.3, 0.4) is 0 Å². The minimum Gasteiger partial charge on any atom is -0.396 e. The number of allylic oxidation sites excluding steroid dienone is 4. The molecule has 0 atom stereocenters. The minimum absolute atomic E-state index is 0.296. The molecule has 0 aromatic heterocycles. The summed E-state index contributed by atoms with van der Waals surface area (Å²) >= 11 is 1.96. The molecule has 1 rings (SSSR count). The third-order valence-electron chi connectivity index (χ3n) is 2.01. The maximum Gasteiger partial charge on any atom is 0.0434 e. The Kier molecular flexibility index (Phi) is 4.27. The molecule has 1 nitrogen and oxygen atoms in total. The first-order valence-electron chi connectivity index (χ1n) is 5.21. The molecule has 0 bridgehead atoms. The van der Waals surface area contributed by atoms with Crippen LogP contribution in [-0.4, -0.2) is 16.5 Å². The van der Waals surface area contributed by atoms with Gasteiger partial charge in [-0.1, -0.05) is 32.9 Å². The van der Waals surface area contributed by atoms with Crippen molar-refractivity contribution in [2.45, 2.75) is 44.8 Å². The molecule has 80 valence electrons. The van der Waals surface area contributed by atoms with E-state index in [1.54, 1.807) is 0 Å². The van der Waals surface area contributed by atoms with Crippen molar-refractivity contribution in [1.82, 2.24) is 0 Å². The fourth-order valence-corrected chi connectivity index (χ4v) is 2.72. The van der Waals surface area contributed by atoms with Crippen LogP contribution in [0.25, 0.3) is 0 Å². The number of rotatable bonds is 4. The molecule has 0 spiro atoms. The molecule has 1 N–H and O–H groups in total. The summed E-state index contributed by atoms with van der Waals surface area (Å²) in [7, 11) is 0. The SMILES string of the molecule is CC(C)(C)SC1=C(CCCO)C=CC1. The Morgan fingerprint density at radius 2 is 2.14 bits per heavy atom. The van der Waals surface area contributed by atoms with Crippen LogP contribution in [0.5, 0.6) is 0 Å². The molecule has 0 heterocycles. The Balaban J connectivity index is 2.57. The van der Waals surface area contributed by atoms with Gasteiger partial charge in [-0.25, -0.2) is 0 Å². The number of thioether (sulfide) groups is 1. The molecular formula is C12H20OS. The summed E-state index contributed by atoms with van der Waals surface area (Å²) in [5, 5.41) is 8.79. The van der Waals surface area contributed by atoms with E-state index in [4.69, 9.17) is 5.11 Å². The van der Waals surface area contributed by atoms with Crippen molar-refractivity contribution in [3.63, 3.8) is 0 Å². The van der Waals surface area contributed by atoms with Crippen LogP contribution in [0.4, 0.5) is 0 Å². The Morgan fingerprint density at radius 3 is 2.71 bits per heavy atom. The van der Waals surface area contributed by atoms with Crippen LogP contribution in [-0.2, 0) is 0 Å². The Bertz CT molecular complexity index is 246. The zero-order valence-corrected chi connectivity index (χ0v) is 10.2. The molecule has 0 radical (unpaired) electrons. The van der Waals surface area contributed by atoms with E-state index in [1.807, 2.05) is 11.8 Å². The van der Waals surface area contributed by atoms with Gasteiger partial charge in [-0.2, -0.15) is 0 Å². The van der Waals surface area contributed by atoms with Gasteiger partial charge in [-0.05, 0) is 29.7 Å². The first-order chi connectivity index (χ1) is 6.53. The first kappa shape index (κ1) is 11.9. The maximum absolute atomic E-state index is 8.79. The monoisotopic (exact) mass is 212 g/mol. The van der Waals surface area contributed by atoms with Crippen LogP contribution >= 0.6 is 11.8 Å². The third-order valence-corrected chi connectivity index (χ3v) is 3.30. The van der Waals surface area contributed by atoms with Gasteiger partial charge in [0.25, 0.3) is 0 Å². The van der Waals surface area contributed by atoms with Crippen molar-refractivity contribution >= 4 is 11.8 Å². The van der Waals surface area contributed by atoms with Crippen molar-refractivity contribution < 1.29 is 5.11 Å². The van der Waals surface area contributed by atoms with E-state index in [9.17, 15) is 0 Å². The molecule has 1 aliphatic rings. The molecule has 0 aromatic carbocycles. The van der Waals surface area contributed by atoms with E-state index in [1.165, 1.54) is 10.5 Å². The van der Waals surface area contributed by atoms with E-state index < -0.39 is 0 Å². The van der Waals surface area contributed by atoms with E-state index >= 15 is 0 Å². The molecule has 0 aromatic rings. The summed E-state index contributed by atoms with van der Waals surface area (Å²) in [6.07, 6.45) is 7.42. The molecule has 0 aliphatic heterocycles. The summed E-state index contributed by atoms with van der Waals surface area (Å²) in [6.45, 7) is 7.02. The van der Waals surface area contributed by atoms with Crippen LogP contribution in [0, 0.1) is 0 Å². The normalized spacial score (nSPS) is 16.9. The van der Waals surface area contributed by atoms with Crippen LogP contribution in [0.15, 0.2) is 22.6 Å². The lowest BCUT2D eigenvalue weighted by atomic mass is 10.1. The fraction of sp³-hybridized carbons (Fsp3) is 0.667. The third kappa shape index (κ3) is 3.89. The molecule has 0 saturated heterocycles. The number of aliphatic hydroxyl groups excluding tert-OH is 1. The fourth-order valence-electron chi connectivity index (χ4n) is 1.50. The molecule has 0 saturated carbocycles. The van der Waals surface area contributed by atoms with Gasteiger partial charge in [0.05, 0.1) is 0 Å². The van der Waals surface area contributed by atoms with Gasteiger partial charge in [-0.3, -0.25) is 0 Å². The molecule has 0 fully saturated rings. The molecule has 1 aliphatic carbocycles. The Morgan fingerprint density at radius 1 is 1.43 bits per heavy atom. The maximum atomic E-state index is 8.79. The topological polar surface area (TPSA) is 20.2 Å². The zero-order valence-electron chi connectivity index (χ0n) is 9.34. The predicted molar refractivity (Wildman–Crippen MR) is 64.4 cm³/mol. The van der Waals surface area contributed by atoms with E-state index in [-0.39, 0.29) is 0 Å². The number of hydrogen-bond donors (Lipinski definition) is 1. The summed E-state index contributed by atoms with van der Waals surface area (Å²) < 4.78 is 0.297. The highest BCUT2D eigenvalue weighted by atomic mass is 32.2. The van der Waals surface area contributed by atoms with Gasteiger partial charge in [0.2, 0.25) is 0 Å². The molecule has 14 heavy (non-hydrogen) atoms. The first-order valence-corrected chi connectivity index (χ1v) is 6.03. The molecule has 0 unspecified atom stereocenters. The highest BCUT2D eigenvalue weighted by Gasteiger charge is 2.17. The van der Waals surface area contributed by atoms with Crippen molar-refractivity contribution in [3.05, 3.63) is 22.6 Å². The average Bonchev–Trinajstić information content (AvgIpc) is 2.45. The molecule has 2 heteroatoms. The van der Waals surface area contributed by atoms with Crippen molar-refractivity contribution in [1.29, 1.82) is 0 Å². The summed E-state index contributed by atoms with van der Waals surface area (Å²) in [4.78, 5) is 1.49. The second-order valence-electron chi connectivity index (χ2n) is 4.60. The van der Waals surface area contributed by atoms with Crippen LogP contribution in [0.1, 0.15) is 40.0 Å². The van der Waals surface area contributed by atoms with Crippen LogP contribution in [0.2, 0.25) is 0 Å². The highest BCUT2D eigenvalue weighted by molar-refractivity contribution is 8.04. The van der Waals surface area contributed by atoms with Gasteiger partial charge in [0.1, 0.15) is 0 Å². The quantitative estimate of drug-likeness (QED) is 0.769. The number of aliphatic hydroxyl groups is 1. The smallest absolute Gasteiger partial charge is 0.0434 e. The van der Waals surface area contributed by atoms with Crippen molar-refractivity contribution in [3.8, 4) is 0 Å². The Hall–Kier alpha value is -0.210. The van der Waals surface area contributed by atoms with Crippen molar-refractivity contribution in [2.75, 3.05) is 6.61 Å². The van der Waals surface area contributed by atoms with Crippen molar-refractivity contribution in [2.24, 2.45) is 0 Å². The molecule has 0 amide bonds. The summed E-state index contributed by atoms with van der Waals surface area (Å²) in [5.74, 6) is 0. The summed E-state index contributed by atoms with van der Waals surface area (Å²) in [6, 6.07) is 0. The largest absolute Gasteiger partial charge is 0.396 e. The van der Waals surface area contributed by atoms with Gasteiger partial charge in [0, 0.05) is 11.4 Å². The Labute approximate surface area is 91.3 Å². The minimum atomic E-state index is 0.296. The zero-order chi connectivity index (χ0) is 10.6. The van der Waals surface area contributed by atoms with Crippen LogP contribution < -0.4 is 0 Å². The van der Waals surface area contributed by atoms with E-state index in [0.717, 1.165) is 19.3 Å². The lowest BCUT2D eigenvalue weighted by Gasteiger charge is -2.19. The van der Waals surface area contributed by atoms with E-state index in [0.29, 0.717) is 11.4 Å². The molecular weight excluding hydrogens is 192 g/mol. The average molecular weight is 212 g/mol. The van der Waals surface area contributed by atoms with Gasteiger partial charge in [-0.15, -0.1) is 11.8 Å².